The third kappa shape index (κ3) is 3.30. The smallest absolute Gasteiger partial charge is 0.261 e. The summed E-state index contributed by atoms with van der Waals surface area (Å²) in [7, 11) is -3.65. The van der Waals surface area contributed by atoms with Gasteiger partial charge >= 0.3 is 0 Å². The molecule has 0 amide bonds. The molecule has 0 spiro atoms. The molecule has 0 saturated carbocycles. The normalized spacial score (nSPS) is 11.5. The number of hydrogen-bond acceptors (Lipinski definition) is 4. The summed E-state index contributed by atoms with van der Waals surface area (Å²) >= 11 is 0. The van der Waals surface area contributed by atoms with Crippen molar-refractivity contribution >= 4 is 15.7 Å². The number of aromatic nitrogens is 1. The van der Waals surface area contributed by atoms with Gasteiger partial charge in [0.05, 0.1) is 16.3 Å². The first kappa shape index (κ1) is 17.2. The molecule has 0 radical (unpaired) electrons. The van der Waals surface area contributed by atoms with Crippen LogP contribution in [0.3, 0.4) is 0 Å². The number of nitrogens with one attached hydrogen (secondary N) is 1. The van der Waals surface area contributed by atoms with Crippen molar-refractivity contribution in [2.24, 2.45) is 0 Å². The minimum absolute atomic E-state index is 0.214. The Morgan fingerprint density at radius 3 is 2.04 bits per heavy atom. The Labute approximate surface area is 147 Å². The second-order valence-corrected chi connectivity index (χ2v) is 7.78. The minimum atomic E-state index is -3.65. The number of aryl methyl sites for hydroxylation is 4. The zero-order chi connectivity index (χ0) is 18.2. The number of nitrogens with zero attached hydrogens (tertiary/aromatic N) is 1. The number of anilines is 1. The van der Waals surface area contributed by atoms with Crippen molar-refractivity contribution < 1.29 is 12.9 Å². The lowest BCUT2D eigenvalue weighted by Crippen LogP contribution is -2.14. The van der Waals surface area contributed by atoms with E-state index >= 15 is 0 Å². The van der Waals surface area contributed by atoms with Gasteiger partial charge in [-0.1, -0.05) is 35.5 Å². The van der Waals surface area contributed by atoms with Crippen LogP contribution in [0.15, 0.2) is 51.9 Å². The van der Waals surface area contributed by atoms with Crippen LogP contribution in [0.1, 0.15) is 22.6 Å². The summed E-state index contributed by atoms with van der Waals surface area (Å²) in [5.41, 5.74) is 4.94. The van der Waals surface area contributed by atoms with Gasteiger partial charge in [0, 0.05) is 5.56 Å². The molecule has 0 aliphatic rings. The number of hydrogen-bond donors (Lipinski definition) is 1. The number of para-hydroxylation sites is 1. The Morgan fingerprint density at radius 1 is 0.920 bits per heavy atom. The summed E-state index contributed by atoms with van der Waals surface area (Å²) < 4.78 is 33.3. The molecule has 0 aliphatic heterocycles. The second kappa shape index (κ2) is 6.37. The molecule has 1 heterocycles. The lowest BCUT2D eigenvalue weighted by atomic mass is 10.0. The molecule has 2 aromatic carbocycles. The van der Waals surface area contributed by atoms with Crippen molar-refractivity contribution in [3.8, 4) is 11.1 Å². The van der Waals surface area contributed by atoms with Crippen LogP contribution >= 0.6 is 0 Å². The van der Waals surface area contributed by atoms with E-state index < -0.39 is 10.0 Å². The molecule has 0 bridgehead atoms. The minimum Gasteiger partial charge on any atom is -0.361 e. The topological polar surface area (TPSA) is 72.2 Å². The first-order chi connectivity index (χ1) is 11.8. The van der Waals surface area contributed by atoms with Gasteiger partial charge in [0.25, 0.3) is 10.0 Å². The fraction of sp³-hybridized carbons (Fsp3) is 0.211. The lowest BCUT2D eigenvalue weighted by molar-refractivity contribution is 0.393. The van der Waals surface area contributed by atoms with Crippen LogP contribution in [0.25, 0.3) is 11.1 Å². The van der Waals surface area contributed by atoms with Crippen LogP contribution in [0.4, 0.5) is 5.69 Å². The predicted molar refractivity (Wildman–Crippen MR) is 98.1 cm³/mol. The standard InChI is InChI=1S/C19H20N2O3S/c1-12-6-5-7-13(2)19(12)21-25(22,23)17-10-8-16(9-11-17)18-14(3)20-24-15(18)4/h5-11,21H,1-4H3. The maximum Gasteiger partial charge on any atom is 0.261 e. The van der Waals surface area contributed by atoms with Gasteiger partial charge in [-0.2, -0.15) is 0 Å². The Balaban J connectivity index is 1.94. The Bertz CT molecular complexity index is 980. The van der Waals surface area contributed by atoms with E-state index in [4.69, 9.17) is 4.52 Å². The van der Waals surface area contributed by atoms with E-state index in [2.05, 4.69) is 9.88 Å². The van der Waals surface area contributed by atoms with E-state index in [1.165, 1.54) is 0 Å². The van der Waals surface area contributed by atoms with Gasteiger partial charge in [-0.15, -0.1) is 0 Å². The average molecular weight is 356 g/mol. The van der Waals surface area contributed by atoms with E-state index in [-0.39, 0.29) is 4.90 Å². The average Bonchev–Trinajstić information content (AvgIpc) is 2.90. The molecule has 1 aromatic heterocycles. The molecular weight excluding hydrogens is 336 g/mol. The molecule has 5 nitrogen and oxygen atoms in total. The predicted octanol–water partition coefficient (Wildman–Crippen LogP) is 4.38. The van der Waals surface area contributed by atoms with Crippen molar-refractivity contribution in [1.82, 2.24) is 5.16 Å². The molecule has 3 aromatic rings. The van der Waals surface area contributed by atoms with Gasteiger partial charge in [0.15, 0.2) is 0 Å². The summed E-state index contributed by atoms with van der Waals surface area (Å²) in [6, 6.07) is 12.4. The third-order valence-corrected chi connectivity index (χ3v) is 5.57. The second-order valence-electron chi connectivity index (χ2n) is 6.10. The van der Waals surface area contributed by atoms with Crippen LogP contribution in [-0.2, 0) is 10.0 Å². The van der Waals surface area contributed by atoms with Gasteiger partial charge < -0.3 is 4.52 Å². The first-order valence-electron chi connectivity index (χ1n) is 7.92. The van der Waals surface area contributed by atoms with E-state index in [1.54, 1.807) is 24.3 Å². The zero-order valence-electron chi connectivity index (χ0n) is 14.6. The van der Waals surface area contributed by atoms with Gasteiger partial charge in [-0.05, 0) is 56.5 Å². The fourth-order valence-electron chi connectivity index (χ4n) is 2.86. The SMILES string of the molecule is Cc1cccc(C)c1NS(=O)(=O)c1ccc(-c2c(C)noc2C)cc1. The largest absolute Gasteiger partial charge is 0.361 e. The van der Waals surface area contributed by atoms with E-state index in [0.29, 0.717) is 11.4 Å². The molecule has 3 rings (SSSR count). The number of sulfonamides is 1. The molecule has 0 unspecified atom stereocenters. The molecular formula is C19H20N2O3S. The van der Waals surface area contributed by atoms with Crippen molar-refractivity contribution in [2.75, 3.05) is 4.72 Å². The molecule has 1 N–H and O–H groups in total. The highest BCUT2D eigenvalue weighted by Gasteiger charge is 2.18. The van der Waals surface area contributed by atoms with Gasteiger partial charge in [0.1, 0.15) is 5.76 Å². The van der Waals surface area contributed by atoms with Gasteiger partial charge in [-0.25, -0.2) is 8.42 Å². The molecule has 6 heteroatoms. The first-order valence-corrected chi connectivity index (χ1v) is 9.40. The van der Waals surface area contributed by atoms with Crippen LogP contribution in [0.5, 0.6) is 0 Å². The summed E-state index contributed by atoms with van der Waals surface area (Å²) in [5.74, 6) is 0.710. The summed E-state index contributed by atoms with van der Waals surface area (Å²) in [6.07, 6.45) is 0. The van der Waals surface area contributed by atoms with Gasteiger partial charge in [-0.3, -0.25) is 4.72 Å². The van der Waals surface area contributed by atoms with Crippen molar-refractivity contribution in [3.63, 3.8) is 0 Å². The highest BCUT2D eigenvalue weighted by atomic mass is 32.2. The van der Waals surface area contributed by atoms with E-state index in [0.717, 1.165) is 27.9 Å². The van der Waals surface area contributed by atoms with Crippen LogP contribution in [-0.4, -0.2) is 13.6 Å². The molecule has 25 heavy (non-hydrogen) atoms. The van der Waals surface area contributed by atoms with E-state index in [9.17, 15) is 8.42 Å². The summed E-state index contributed by atoms with van der Waals surface area (Å²) in [5, 5.41) is 3.93. The van der Waals surface area contributed by atoms with Crippen molar-refractivity contribution in [2.45, 2.75) is 32.6 Å². The van der Waals surface area contributed by atoms with Gasteiger partial charge in [0.2, 0.25) is 0 Å². The van der Waals surface area contributed by atoms with Crippen molar-refractivity contribution in [1.29, 1.82) is 0 Å². The Kier molecular flexibility index (Phi) is 4.39. The Morgan fingerprint density at radius 2 is 1.52 bits per heavy atom. The van der Waals surface area contributed by atoms with Crippen molar-refractivity contribution in [3.05, 3.63) is 65.0 Å². The highest BCUT2D eigenvalue weighted by molar-refractivity contribution is 7.92. The molecule has 0 atom stereocenters. The van der Waals surface area contributed by atoms with E-state index in [1.807, 2.05) is 45.9 Å². The number of benzene rings is 2. The highest BCUT2D eigenvalue weighted by Crippen LogP contribution is 2.29. The quantitative estimate of drug-likeness (QED) is 0.753. The zero-order valence-corrected chi connectivity index (χ0v) is 15.4. The Hall–Kier alpha value is -2.60. The third-order valence-electron chi connectivity index (χ3n) is 4.20. The van der Waals surface area contributed by atoms with Crippen LogP contribution < -0.4 is 4.72 Å². The molecule has 0 aliphatic carbocycles. The number of rotatable bonds is 4. The monoisotopic (exact) mass is 356 g/mol. The maximum atomic E-state index is 12.7. The molecule has 0 saturated heterocycles. The van der Waals surface area contributed by atoms with Crippen LogP contribution in [0, 0.1) is 27.7 Å². The summed E-state index contributed by atoms with van der Waals surface area (Å²) in [6.45, 7) is 7.46. The maximum absolute atomic E-state index is 12.7. The summed E-state index contributed by atoms with van der Waals surface area (Å²) in [4.78, 5) is 0.214. The lowest BCUT2D eigenvalue weighted by Gasteiger charge is -2.13. The molecule has 0 fully saturated rings. The fourth-order valence-corrected chi connectivity index (χ4v) is 4.07. The van der Waals surface area contributed by atoms with Crippen LogP contribution in [0.2, 0.25) is 0 Å². The molecule has 130 valence electrons.